The summed E-state index contributed by atoms with van der Waals surface area (Å²) in [6, 6.07) is 11.4. The van der Waals surface area contributed by atoms with Crippen LogP contribution in [0.4, 0.5) is 0 Å². The van der Waals surface area contributed by atoms with E-state index in [9.17, 15) is 4.79 Å². The molecular weight excluding hydrogens is 322 g/mol. The number of para-hydroxylation sites is 1. The molecule has 5 nitrogen and oxygen atoms in total. The molecular formula is C18H17N3O2S. The molecule has 0 bridgehead atoms. The average molecular weight is 339 g/mol. The molecule has 3 rings (SSSR count). The number of amides is 1. The minimum absolute atomic E-state index is 0.0536. The van der Waals surface area contributed by atoms with Crippen molar-refractivity contribution in [3.63, 3.8) is 0 Å². The maximum absolute atomic E-state index is 12.1. The number of furan rings is 1. The van der Waals surface area contributed by atoms with E-state index in [1.807, 2.05) is 37.3 Å². The summed E-state index contributed by atoms with van der Waals surface area (Å²) in [6.07, 6.45) is 3.25. The van der Waals surface area contributed by atoms with Gasteiger partial charge in [0.15, 0.2) is 11.6 Å². The molecule has 1 aromatic carbocycles. The first-order valence-electron chi connectivity index (χ1n) is 7.55. The van der Waals surface area contributed by atoms with Crippen molar-refractivity contribution in [2.75, 3.05) is 6.54 Å². The van der Waals surface area contributed by atoms with E-state index in [0.29, 0.717) is 18.1 Å². The summed E-state index contributed by atoms with van der Waals surface area (Å²) in [6.45, 7) is 5.91. The molecule has 0 aliphatic rings. The van der Waals surface area contributed by atoms with E-state index >= 15 is 0 Å². The van der Waals surface area contributed by atoms with Crippen molar-refractivity contribution in [2.24, 2.45) is 0 Å². The van der Waals surface area contributed by atoms with Gasteiger partial charge in [-0.25, -0.2) is 9.97 Å². The van der Waals surface area contributed by atoms with Crippen LogP contribution in [0.5, 0.6) is 0 Å². The second-order valence-electron chi connectivity index (χ2n) is 5.14. The van der Waals surface area contributed by atoms with Crippen molar-refractivity contribution in [3.05, 3.63) is 55.3 Å². The Kier molecular flexibility index (Phi) is 4.96. The number of aromatic nitrogens is 2. The highest BCUT2D eigenvalue weighted by Gasteiger charge is 2.18. The van der Waals surface area contributed by atoms with E-state index < -0.39 is 0 Å². The summed E-state index contributed by atoms with van der Waals surface area (Å²) in [4.78, 5) is 21.3. The number of carbonyl (C=O) groups excluding carboxylic acids is 1. The van der Waals surface area contributed by atoms with E-state index in [1.54, 1.807) is 18.4 Å². The molecule has 0 spiro atoms. The zero-order valence-corrected chi connectivity index (χ0v) is 14.0. The van der Waals surface area contributed by atoms with Gasteiger partial charge in [-0.3, -0.25) is 4.79 Å². The van der Waals surface area contributed by atoms with Gasteiger partial charge in [-0.1, -0.05) is 36.0 Å². The molecule has 6 heteroatoms. The number of nitrogens with one attached hydrogen (secondary N) is 1. The molecule has 0 saturated heterocycles. The number of nitrogens with zero attached hydrogens (tertiary/aromatic N) is 2. The SMILES string of the molecule is C=CCNC(=O)[C@H](C)Sc1nc(-c2ccco2)nc2ccccc12. The van der Waals surface area contributed by atoms with Crippen molar-refractivity contribution in [1.29, 1.82) is 0 Å². The molecule has 3 aromatic rings. The van der Waals surface area contributed by atoms with Gasteiger partial charge in [0.2, 0.25) is 5.91 Å². The summed E-state index contributed by atoms with van der Waals surface area (Å²) in [5.41, 5.74) is 0.820. The van der Waals surface area contributed by atoms with Crippen LogP contribution in [0, 0.1) is 0 Å². The monoisotopic (exact) mass is 339 g/mol. The van der Waals surface area contributed by atoms with E-state index in [1.165, 1.54) is 11.8 Å². The average Bonchev–Trinajstić information content (AvgIpc) is 3.14. The molecule has 0 fully saturated rings. The molecule has 0 unspecified atom stereocenters. The van der Waals surface area contributed by atoms with Crippen LogP contribution < -0.4 is 5.32 Å². The third kappa shape index (κ3) is 3.49. The van der Waals surface area contributed by atoms with Gasteiger partial charge in [0.25, 0.3) is 0 Å². The number of rotatable bonds is 6. The Balaban J connectivity index is 1.96. The Hall–Kier alpha value is -2.60. The van der Waals surface area contributed by atoms with E-state index in [0.717, 1.165) is 15.9 Å². The van der Waals surface area contributed by atoms with Gasteiger partial charge in [-0.15, -0.1) is 6.58 Å². The van der Waals surface area contributed by atoms with Gasteiger partial charge >= 0.3 is 0 Å². The molecule has 0 aliphatic heterocycles. The minimum atomic E-state index is -0.285. The van der Waals surface area contributed by atoms with Crippen LogP contribution in [0.3, 0.4) is 0 Å². The van der Waals surface area contributed by atoms with Gasteiger partial charge in [0, 0.05) is 11.9 Å². The standard InChI is InChI=1S/C18H17N3O2S/c1-3-10-19-17(22)12(2)24-18-13-7-4-5-8-14(13)20-16(21-18)15-9-6-11-23-15/h3-9,11-12H,1,10H2,2H3,(H,19,22)/t12-/m0/s1. The summed E-state index contributed by atoms with van der Waals surface area (Å²) in [5, 5.41) is 4.19. The number of fused-ring (bicyclic) bond motifs is 1. The van der Waals surface area contributed by atoms with Crippen LogP contribution in [-0.2, 0) is 4.79 Å². The van der Waals surface area contributed by atoms with Crippen molar-refractivity contribution >= 4 is 28.6 Å². The number of thioether (sulfide) groups is 1. The summed E-state index contributed by atoms with van der Waals surface area (Å²) in [5.74, 6) is 1.06. The van der Waals surface area contributed by atoms with Crippen LogP contribution in [0.2, 0.25) is 0 Å². The Morgan fingerprint density at radius 3 is 2.92 bits per heavy atom. The van der Waals surface area contributed by atoms with Gasteiger partial charge in [-0.2, -0.15) is 0 Å². The van der Waals surface area contributed by atoms with Crippen LogP contribution >= 0.6 is 11.8 Å². The molecule has 0 saturated carbocycles. The maximum atomic E-state index is 12.1. The van der Waals surface area contributed by atoms with Gasteiger partial charge in [0.1, 0.15) is 5.03 Å². The molecule has 2 aromatic heterocycles. The quantitative estimate of drug-likeness (QED) is 0.421. The lowest BCUT2D eigenvalue weighted by Crippen LogP contribution is -2.30. The molecule has 0 aliphatic carbocycles. The first-order chi connectivity index (χ1) is 11.7. The van der Waals surface area contributed by atoms with Crippen LogP contribution in [0.1, 0.15) is 6.92 Å². The fourth-order valence-electron chi connectivity index (χ4n) is 2.19. The number of benzene rings is 1. The fourth-order valence-corrected chi connectivity index (χ4v) is 3.15. The molecule has 122 valence electrons. The molecule has 0 radical (unpaired) electrons. The predicted molar refractivity (Wildman–Crippen MR) is 95.8 cm³/mol. The third-order valence-electron chi connectivity index (χ3n) is 3.39. The highest BCUT2D eigenvalue weighted by molar-refractivity contribution is 8.00. The second-order valence-corrected chi connectivity index (χ2v) is 6.47. The lowest BCUT2D eigenvalue weighted by Gasteiger charge is -2.12. The van der Waals surface area contributed by atoms with Crippen LogP contribution in [0.15, 0.2) is 64.8 Å². The first-order valence-corrected chi connectivity index (χ1v) is 8.43. The normalized spacial score (nSPS) is 12.0. The molecule has 24 heavy (non-hydrogen) atoms. The largest absolute Gasteiger partial charge is 0.461 e. The topological polar surface area (TPSA) is 68.0 Å². The molecule has 1 atom stereocenters. The summed E-state index contributed by atoms with van der Waals surface area (Å²) >= 11 is 1.40. The number of hydrogen-bond acceptors (Lipinski definition) is 5. The zero-order chi connectivity index (χ0) is 16.9. The number of hydrogen-bond donors (Lipinski definition) is 1. The first kappa shape index (κ1) is 16.3. The van der Waals surface area contributed by atoms with Crippen LogP contribution in [-0.4, -0.2) is 27.7 Å². The second kappa shape index (κ2) is 7.31. The van der Waals surface area contributed by atoms with Crippen molar-refractivity contribution in [2.45, 2.75) is 17.2 Å². The van der Waals surface area contributed by atoms with E-state index in [2.05, 4.69) is 21.9 Å². The summed E-state index contributed by atoms with van der Waals surface area (Å²) < 4.78 is 5.40. The molecule has 2 heterocycles. The Labute approximate surface area is 144 Å². The van der Waals surface area contributed by atoms with Crippen molar-refractivity contribution < 1.29 is 9.21 Å². The van der Waals surface area contributed by atoms with Gasteiger partial charge < -0.3 is 9.73 Å². The Morgan fingerprint density at radius 2 is 2.17 bits per heavy atom. The van der Waals surface area contributed by atoms with Crippen molar-refractivity contribution in [3.8, 4) is 11.6 Å². The number of carbonyl (C=O) groups is 1. The van der Waals surface area contributed by atoms with Gasteiger partial charge in [-0.05, 0) is 25.1 Å². The van der Waals surface area contributed by atoms with E-state index in [4.69, 9.17) is 4.42 Å². The smallest absolute Gasteiger partial charge is 0.233 e. The Bertz CT molecular complexity index is 862. The fraction of sp³-hybridized carbons (Fsp3) is 0.167. The maximum Gasteiger partial charge on any atom is 0.233 e. The van der Waals surface area contributed by atoms with Crippen LogP contribution in [0.25, 0.3) is 22.5 Å². The molecule has 1 amide bonds. The third-order valence-corrected chi connectivity index (χ3v) is 4.49. The van der Waals surface area contributed by atoms with E-state index in [-0.39, 0.29) is 11.2 Å². The lowest BCUT2D eigenvalue weighted by molar-refractivity contribution is -0.120. The Morgan fingerprint density at radius 1 is 1.33 bits per heavy atom. The highest BCUT2D eigenvalue weighted by Crippen LogP contribution is 2.31. The van der Waals surface area contributed by atoms with Gasteiger partial charge in [0.05, 0.1) is 17.0 Å². The zero-order valence-electron chi connectivity index (χ0n) is 13.2. The summed E-state index contributed by atoms with van der Waals surface area (Å²) in [7, 11) is 0. The lowest BCUT2D eigenvalue weighted by atomic mass is 10.2. The molecule has 1 N–H and O–H groups in total. The minimum Gasteiger partial charge on any atom is -0.461 e. The predicted octanol–water partition coefficient (Wildman–Crippen LogP) is 3.67. The van der Waals surface area contributed by atoms with Crippen molar-refractivity contribution in [1.82, 2.24) is 15.3 Å². The highest BCUT2D eigenvalue weighted by atomic mass is 32.2.